The van der Waals surface area contributed by atoms with E-state index in [9.17, 15) is 4.79 Å². The molecule has 0 aromatic rings. The van der Waals surface area contributed by atoms with Crippen molar-refractivity contribution < 1.29 is 4.79 Å². The van der Waals surface area contributed by atoms with Crippen molar-refractivity contribution in [2.75, 3.05) is 0 Å². The van der Waals surface area contributed by atoms with Crippen molar-refractivity contribution in [1.29, 1.82) is 0 Å². The van der Waals surface area contributed by atoms with Crippen molar-refractivity contribution >= 4 is 5.78 Å². The third kappa shape index (κ3) is 24.6. The van der Waals surface area contributed by atoms with Crippen LogP contribution < -0.4 is 0 Å². The first-order chi connectivity index (χ1) is 11.3. The van der Waals surface area contributed by atoms with Crippen LogP contribution in [0.5, 0.6) is 0 Å². The van der Waals surface area contributed by atoms with Gasteiger partial charge in [-0.05, 0) is 86.5 Å². The predicted octanol–water partition coefficient (Wildman–Crippen LogP) is 9.41. The monoisotopic (exact) mass is 378 g/mol. The predicted molar refractivity (Wildman–Crippen MR) is 129 cm³/mol. The van der Waals surface area contributed by atoms with Crippen LogP contribution in [-0.2, 0) is 4.79 Å². The van der Waals surface area contributed by atoms with Gasteiger partial charge in [-0.15, -0.1) is 0 Å². The molecule has 0 aliphatic rings. The molecule has 27 heavy (non-hydrogen) atoms. The highest BCUT2D eigenvalue weighted by Gasteiger charge is 1.94. The van der Waals surface area contributed by atoms with E-state index < -0.39 is 0 Å². The Labute approximate surface area is 172 Å². The van der Waals surface area contributed by atoms with Crippen LogP contribution in [0.4, 0.5) is 0 Å². The van der Waals surface area contributed by atoms with Gasteiger partial charge in [0.15, 0.2) is 0 Å². The number of rotatable bonds is 12. The van der Waals surface area contributed by atoms with Gasteiger partial charge in [0.1, 0.15) is 5.78 Å². The maximum Gasteiger partial charge on any atom is 0.130 e. The highest BCUT2D eigenvalue weighted by atomic mass is 16.1. The second kappa shape index (κ2) is 20.9. The molecule has 0 heterocycles. The Hall–Kier alpha value is -1.37. The summed E-state index contributed by atoms with van der Waals surface area (Å²) in [4.78, 5) is 10.9. The molecule has 0 unspecified atom stereocenters. The molecule has 0 aliphatic heterocycles. The zero-order valence-electron chi connectivity index (χ0n) is 16.9. The largest absolute Gasteiger partial charge is 0.300 e. The Morgan fingerprint density at radius 2 is 0.815 bits per heavy atom. The van der Waals surface area contributed by atoms with Gasteiger partial charge in [0.25, 0.3) is 0 Å². The lowest BCUT2D eigenvalue weighted by molar-refractivity contribution is -0.116. The normalized spacial score (nSPS) is 11.7. The summed E-state index contributed by atoms with van der Waals surface area (Å²) < 4.78 is 0. The molecule has 0 N–H and O–H groups in total. The average Bonchev–Trinajstić information content (AvgIpc) is 2.46. The van der Waals surface area contributed by atoms with Crippen molar-refractivity contribution in [3.05, 3.63) is 46.6 Å². The molecule has 0 radical (unpaired) electrons. The summed E-state index contributed by atoms with van der Waals surface area (Å²) in [5.74, 6) is 0.277. The highest BCUT2D eigenvalue weighted by molar-refractivity contribution is 5.75. The first kappa shape index (κ1) is 33.2. The van der Waals surface area contributed by atoms with Gasteiger partial charge in [-0.1, -0.05) is 68.9 Å². The van der Waals surface area contributed by atoms with Gasteiger partial charge < -0.3 is 4.79 Å². The Morgan fingerprint density at radius 1 is 0.519 bits per heavy atom. The molecule has 0 amide bonds. The molecule has 0 aromatic heterocycles. The molecule has 0 saturated carbocycles. The van der Waals surface area contributed by atoms with Gasteiger partial charge in [0.05, 0.1) is 0 Å². The lowest BCUT2D eigenvalue weighted by atomic mass is 10.0. The highest BCUT2D eigenvalue weighted by Crippen LogP contribution is 2.14. The van der Waals surface area contributed by atoms with Gasteiger partial charge in [0.2, 0.25) is 0 Å². The lowest BCUT2D eigenvalue weighted by Crippen LogP contribution is -1.87. The Kier molecular flexibility index (Phi) is 25.8. The molecule has 160 valence electrons. The van der Waals surface area contributed by atoms with Crippen molar-refractivity contribution in [3.63, 3.8) is 0 Å². The summed E-state index contributed by atoms with van der Waals surface area (Å²) in [5.41, 5.74) is 5.80. The SMILES string of the molecule is C.C.C.CC(=O)CC/C=C(\C)CC/C=C(\C)CC/C=C(\C)CCC=C(C)C. The molecule has 0 rings (SSSR count). The van der Waals surface area contributed by atoms with Crippen LogP contribution in [0.15, 0.2) is 46.6 Å². The lowest BCUT2D eigenvalue weighted by Gasteiger charge is -2.02. The fourth-order valence-corrected chi connectivity index (χ4v) is 2.51. The minimum Gasteiger partial charge on any atom is -0.300 e. The van der Waals surface area contributed by atoms with Crippen LogP contribution in [0.2, 0.25) is 0 Å². The molecule has 0 bridgehead atoms. The first-order valence-corrected chi connectivity index (χ1v) is 9.41. The molecule has 1 heteroatoms. The molecular formula is C26H50O. The topological polar surface area (TPSA) is 17.1 Å². The maximum absolute atomic E-state index is 10.9. The van der Waals surface area contributed by atoms with E-state index in [0.717, 1.165) is 38.5 Å². The third-order valence-electron chi connectivity index (χ3n) is 4.14. The van der Waals surface area contributed by atoms with E-state index in [-0.39, 0.29) is 28.1 Å². The van der Waals surface area contributed by atoms with E-state index in [1.54, 1.807) is 6.92 Å². The van der Waals surface area contributed by atoms with Crippen LogP contribution in [-0.4, -0.2) is 5.78 Å². The molecule has 0 atom stereocenters. The summed E-state index contributed by atoms with van der Waals surface area (Å²) in [6, 6.07) is 0. The van der Waals surface area contributed by atoms with Crippen LogP contribution in [0, 0.1) is 0 Å². The number of Topliss-reactive ketones (excluding diaryl/α,β-unsaturated/α-hetero) is 1. The minimum atomic E-state index is 0. The number of allylic oxidation sites excluding steroid dienone is 8. The van der Waals surface area contributed by atoms with Crippen LogP contribution in [0.25, 0.3) is 0 Å². The number of carbonyl (C=O) groups excluding carboxylic acids is 1. The molecular weight excluding hydrogens is 328 g/mol. The van der Waals surface area contributed by atoms with E-state index in [1.807, 2.05) is 0 Å². The number of hydrogen-bond acceptors (Lipinski definition) is 1. The van der Waals surface area contributed by atoms with Gasteiger partial charge >= 0.3 is 0 Å². The van der Waals surface area contributed by atoms with Crippen molar-refractivity contribution in [3.8, 4) is 0 Å². The van der Waals surface area contributed by atoms with Gasteiger partial charge in [0, 0.05) is 6.42 Å². The Balaban J connectivity index is -0.000000882. The minimum absolute atomic E-state index is 0. The summed E-state index contributed by atoms with van der Waals surface area (Å²) in [7, 11) is 0. The van der Waals surface area contributed by atoms with E-state index in [4.69, 9.17) is 0 Å². The van der Waals surface area contributed by atoms with E-state index >= 15 is 0 Å². The molecule has 0 fully saturated rings. The summed E-state index contributed by atoms with van der Waals surface area (Å²) in [5, 5.41) is 0. The average molecular weight is 379 g/mol. The zero-order chi connectivity index (χ0) is 18.4. The quantitative estimate of drug-likeness (QED) is 0.309. The first-order valence-electron chi connectivity index (χ1n) is 9.41. The third-order valence-corrected chi connectivity index (χ3v) is 4.14. The molecule has 0 saturated heterocycles. The molecule has 1 nitrogen and oxygen atoms in total. The maximum atomic E-state index is 10.9. The molecule has 0 aliphatic carbocycles. The fourth-order valence-electron chi connectivity index (χ4n) is 2.51. The van der Waals surface area contributed by atoms with E-state index in [0.29, 0.717) is 6.42 Å². The van der Waals surface area contributed by atoms with Crippen LogP contribution >= 0.6 is 0 Å². The Morgan fingerprint density at radius 3 is 1.11 bits per heavy atom. The van der Waals surface area contributed by atoms with Crippen molar-refractivity contribution in [2.24, 2.45) is 0 Å². The smallest absolute Gasteiger partial charge is 0.130 e. The van der Waals surface area contributed by atoms with E-state index in [2.05, 4.69) is 58.9 Å². The van der Waals surface area contributed by atoms with Gasteiger partial charge in [-0.25, -0.2) is 0 Å². The number of carbonyl (C=O) groups is 1. The summed E-state index contributed by atoms with van der Waals surface area (Å²) in [6.45, 7) is 12.6. The molecule has 0 aromatic carbocycles. The van der Waals surface area contributed by atoms with Crippen molar-refractivity contribution in [2.45, 2.75) is 115 Å². The van der Waals surface area contributed by atoms with Gasteiger partial charge in [-0.2, -0.15) is 0 Å². The Bertz CT molecular complexity index is 482. The summed E-state index contributed by atoms with van der Waals surface area (Å²) in [6.07, 6.45) is 17.7. The summed E-state index contributed by atoms with van der Waals surface area (Å²) >= 11 is 0. The van der Waals surface area contributed by atoms with E-state index in [1.165, 1.54) is 28.7 Å². The van der Waals surface area contributed by atoms with Crippen molar-refractivity contribution in [1.82, 2.24) is 0 Å². The van der Waals surface area contributed by atoms with Crippen LogP contribution in [0.3, 0.4) is 0 Å². The standard InChI is InChI=1S/C23H38O.3CH4/c1-19(2)11-7-12-20(3)13-8-14-21(4)15-9-16-22(5)17-10-18-23(6)24;;;/h11,13,15,17H,7-10,12,14,16,18H2,1-6H3;3*1H4/b20-13+,21-15+,22-17+;;;. The number of hydrogen-bond donors (Lipinski definition) is 0. The second-order valence-electron chi connectivity index (χ2n) is 7.29. The van der Waals surface area contributed by atoms with Crippen LogP contribution in [0.1, 0.15) is 115 Å². The zero-order valence-corrected chi connectivity index (χ0v) is 16.9. The molecule has 0 spiro atoms. The fraction of sp³-hybridized carbons (Fsp3) is 0.654. The second-order valence-corrected chi connectivity index (χ2v) is 7.29. The van der Waals surface area contributed by atoms with Gasteiger partial charge in [-0.3, -0.25) is 0 Å². The number of ketones is 1.